The molecule has 0 saturated heterocycles. The van der Waals surface area contributed by atoms with Gasteiger partial charge in [-0.25, -0.2) is 4.79 Å². The average Bonchev–Trinajstić information content (AvgIpc) is 2.92. The molecule has 0 bridgehead atoms. The van der Waals surface area contributed by atoms with Gasteiger partial charge in [0.05, 0.1) is 11.7 Å². The maximum absolute atomic E-state index is 12.0. The van der Waals surface area contributed by atoms with Gasteiger partial charge in [-0.2, -0.15) is 5.10 Å². The van der Waals surface area contributed by atoms with Crippen LogP contribution in [0.3, 0.4) is 0 Å². The zero-order valence-corrected chi connectivity index (χ0v) is 14.9. The minimum absolute atomic E-state index is 0.0960. The van der Waals surface area contributed by atoms with Crippen molar-refractivity contribution in [1.29, 1.82) is 0 Å². The third-order valence-corrected chi connectivity index (χ3v) is 3.81. The third-order valence-electron chi connectivity index (χ3n) is 3.81. The summed E-state index contributed by atoms with van der Waals surface area (Å²) in [5, 5.41) is 10.1. The average molecular weight is 340 g/mol. The first-order valence-corrected chi connectivity index (χ1v) is 8.19. The molecule has 1 unspecified atom stereocenters. The molecule has 6 heteroatoms. The second kappa shape index (κ2) is 8.78. The Labute approximate surface area is 148 Å². The minimum Gasteiger partial charge on any atom is -0.481 e. The predicted octanol–water partition coefficient (Wildman–Crippen LogP) is 2.34. The highest BCUT2D eigenvalue weighted by Crippen LogP contribution is 2.15. The van der Waals surface area contributed by atoms with Crippen LogP contribution in [-0.4, -0.2) is 29.0 Å². The summed E-state index contributed by atoms with van der Waals surface area (Å²) < 4.78 is 7.08. The van der Waals surface area contributed by atoms with Crippen LogP contribution in [-0.2, 0) is 13.5 Å². The van der Waals surface area contributed by atoms with Gasteiger partial charge in [-0.3, -0.25) is 4.68 Å². The van der Waals surface area contributed by atoms with E-state index in [0.29, 0.717) is 6.54 Å². The molecule has 2 N–H and O–H groups in total. The fourth-order valence-electron chi connectivity index (χ4n) is 2.57. The number of hydrogen-bond acceptors (Lipinski definition) is 3. The standard InChI is InChI=1S/C19H24N4O2/c1-5-12-25-17-8-6-16(7-9-17)10-11-20-19(24)21-14(2)18-13-23(4)22-15(18)3/h1,6-9,13-14H,10-12H2,2-4H3,(H2,20,21,24). The van der Waals surface area contributed by atoms with Crippen LogP contribution in [0.25, 0.3) is 0 Å². The number of amides is 2. The Hall–Kier alpha value is -2.94. The first kappa shape index (κ1) is 18.4. The van der Waals surface area contributed by atoms with E-state index >= 15 is 0 Å². The summed E-state index contributed by atoms with van der Waals surface area (Å²) in [5.41, 5.74) is 3.05. The number of carbonyl (C=O) groups excluding carboxylic acids is 1. The number of urea groups is 1. The van der Waals surface area contributed by atoms with Gasteiger partial charge in [-0.05, 0) is 38.0 Å². The summed E-state index contributed by atoms with van der Waals surface area (Å²) in [6, 6.07) is 7.39. The summed E-state index contributed by atoms with van der Waals surface area (Å²) >= 11 is 0. The number of aryl methyl sites for hydroxylation is 2. The van der Waals surface area contributed by atoms with Gasteiger partial charge in [-0.1, -0.05) is 18.1 Å². The SMILES string of the molecule is C#CCOc1ccc(CCNC(=O)NC(C)c2cn(C)nc2C)cc1. The number of aromatic nitrogens is 2. The van der Waals surface area contributed by atoms with Crippen LogP contribution in [0.5, 0.6) is 5.75 Å². The second-order valence-electron chi connectivity index (χ2n) is 5.85. The molecule has 1 heterocycles. The number of rotatable bonds is 7. The van der Waals surface area contributed by atoms with Gasteiger partial charge < -0.3 is 15.4 Å². The number of ether oxygens (including phenoxy) is 1. The lowest BCUT2D eigenvalue weighted by Crippen LogP contribution is -2.38. The summed E-state index contributed by atoms with van der Waals surface area (Å²) in [5.74, 6) is 3.17. The van der Waals surface area contributed by atoms with Crippen LogP contribution in [0.2, 0.25) is 0 Å². The van der Waals surface area contributed by atoms with E-state index in [-0.39, 0.29) is 18.7 Å². The summed E-state index contributed by atoms with van der Waals surface area (Å²) in [6.07, 6.45) is 7.82. The van der Waals surface area contributed by atoms with E-state index in [1.807, 2.05) is 51.4 Å². The van der Waals surface area contributed by atoms with Crippen molar-refractivity contribution in [2.24, 2.45) is 7.05 Å². The highest BCUT2D eigenvalue weighted by atomic mass is 16.5. The van der Waals surface area contributed by atoms with E-state index in [1.54, 1.807) is 4.68 Å². The minimum atomic E-state index is -0.190. The molecule has 0 aliphatic carbocycles. The predicted molar refractivity (Wildman–Crippen MR) is 97.4 cm³/mol. The maximum Gasteiger partial charge on any atom is 0.315 e. The number of carbonyl (C=O) groups is 1. The van der Waals surface area contributed by atoms with Crippen molar-refractivity contribution >= 4 is 6.03 Å². The van der Waals surface area contributed by atoms with Gasteiger partial charge in [0.2, 0.25) is 0 Å². The normalized spacial score (nSPS) is 11.4. The lowest BCUT2D eigenvalue weighted by atomic mass is 10.1. The molecule has 0 radical (unpaired) electrons. The molecule has 2 aromatic rings. The first-order chi connectivity index (χ1) is 12.0. The second-order valence-corrected chi connectivity index (χ2v) is 5.85. The van der Waals surface area contributed by atoms with Gasteiger partial charge in [0.25, 0.3) is 0 Å². The molecule has 6 nitrogen and oxygen atoms in total. The molecule has 1 aromatic carbocycles. The number of hydrogen-bond donors (Lipinski definition) is 2. The molecule has 1 aromatic heterocycles. The van der Waals surface area contributed by atoms with Crippen molar-refractivity contribution in [1.82, 2.24) is 20.4 Å². The van der Waals surface area contributed by atoms with E-state index in [0.717, 1.165) is 29.0 Å². The van der Waals surface area contributed by atoms with Crippen LogP contribution in [0.1, 0.15) is 29.8 Å². The Morgan fingerprint density at radius 3 is 2.72 bits per heavy atom. The van der Waals surface area contributed by atoms with Crippen LogP contribution in [0.15, 0.2) is 30.5 Å². The topological polar surface area (TPSA) is 68.2 Å². The molecule has 25 heavy (non-hydrogen) atoms. The number of benzene rings is 1. The zero-order valence-electron chi connectivity index (χ0n) is 14.9. The molecule has 132 valence electrons. The summed E-state index contributed by atoms with van der Waals surface area (Å²) in [7, 11) is 1.87. The molecule has 2 rings (SSSR count). The van der Waals surface area contributed by atoms with Crippen molar-refractivity contribution < 1.29 is 9.53 Å². The molecular weight excluding hydrogens is 316 g/mol. The molecule has 1 atom stereocenters. The van der Waals surface area contributed by atoms with Crippen molar-refractivity contribution in [2.75, 3.05) is 13.2 Å². The number of nitrogens with zero attached hydrogens (tertiary/aromatic N) is 2. The van der Waals surface area contributed by atoms with Gasteiger partial charge in [0, 0.05) is 25.4 Å². The number of nitrogens with one attached hydrogen (secondary N) is 2. The van der Waals surface area contributed by atoms with E-state index in [1.165, 1.54) is 0 Å². The first-order valence-electron chi connectivity index (χ1n) is 8.19. The molecule has 2 amide bonds. The molecule has 0 spiro atoms. The summed E-state index contributed by atoms with van der Waals surface area (Å²) in [4.78, 5) is 12.0. The molecule has 0 aliphatic heterocycles. The van der Waals surface area contributed by atoms with Gasteiger partial charge in [0.15, 0.2) is 0 Å². The monoisotopic (exact) mass is 340 g/mol. The van der Waals surface area contributed by atoms with E-state index < -0.39 is 0 Å². The molecule has 0 aliphatic rings. The quantitative estimate of drug-likeness (QED) is 0.760. The van der Waals surface area contributed by atoms with E-state index in [2.05, 4.69) is 21.7 Å². The van der Waals surface area contributed by atoms with Gasteiger partial charge in [0.1, 0.15) is 12.4 Å². The van der Waals surface area contributed by atoms with Crippen molar-refractivity contribution in [3.63, 3.8) is 0 Å². The maximum atomic E-state index is 12.0. The largest absolute Gasteiger partial charge is 0.481 e. The van der Waals surface area contributed by atoms with E-state index in [9.17, 15) is 4.79 Å². The Morgan fingerprint density at radius 1 is 1.40 bits per heavy atom. The lowest BCUT2D eigenvalue weighted by molar-refractivity contribution is 0.238. The fraction of sp³-hybridized carbons (Fsp3) is 0.368. The van der Waals surface area contributed by atoms with Crippen molar-refractivity contribution in [2.45, 2.75) is 26.3 Å². The third kappa shape index (κ3) is 5.57. The van der Waals surface area contributed by atoms with Crippen LogP contribution in [0, 0.1) is 19.3 Å². The zero-order chi connectivity index (χ0) is 18.2. The van der Waals surface area contributed by atoms with Crippen LogP contribution in [0.4, 0.5) is 4.79 Å². The van der Waals surface area contributed by atoms with Crippen molar-refractivity contribution in [3.8, 4) is 18.1 Å². The number of terminal acetylenes is 1. The van der Waals surface area contributed by atoms with Crippen LogP contribution >= 0.6 is 0 Å². The van der Waals surface area contributed by atoms with Gasteiger partial charge in [-0.15, -0.1) is 6.42 Å². The van der Waals surface area contributed by atoms with Crippen molar-refractivity contribution in [3.05, 3.63) is 47.3 Å². The lowest BCUT2D eigenvalue weighted by Gasteiger charge is -2.14. The Bertz CT molecular complexity index is 744. The highest BCUT2D eigenvalue weighted by molar-refractivity contribution is 5.74. The Morgan fingerprint density at radius 2 is 2.12 bits per heavy atom. The molecule has 0 fully saturated rings. The Balaban J connectivity index is 1.75. The van der Waals surface area contributed by atoms with Gasteiger partial charge >= 0.3 is 6.03 Å². The Kier molecular flexibility index (Phi) is 6.47. The van der Waals surface area contributed by atoms with E-state index in [4.69, 9.17) is 11.2 Å². The molecule has 0 saturated carbocycles. The summed E-state index contributed by atoms with van der Waals surface area (Å²) in [6.45, 7) is 4.69. The smallest absolute Gasteiger partial charge is 0.315 e. The molecular formula is C19H24N4O2. The fourth-order valence-corrected chi connectivity index (χ4v) is 2.57. The van der Waals surface area contributed by atoms with Crippen LogP contribution < -0.4 is 15.4 Å². The highest BCUT2D eigenvalue weighted by Gasteiger charge is 2.13.